The first kappa shape index (κ1) is 39.2. The summed E-state index contributed by atoms with van der Waals surface area (Å²) in [7, 11) is 1.63. The molecule has 11 nitrogen and oxygen atoms in total. The van der Waals surface area contributed by atoms with Crippen molar-refractivity contribution in [3.8, 4) is 11.5 Å². The largest absolute Gasteiger partial charge is 0.507 e. The Morgan fingerprint density at radius 1 is 1.06 bits per heavy atom. The number of allylic oxidation sites excluding steroid dienone is 4. The predicted molar refractivity (Wildman–Crippen MR) is 187 cm³/mol. The van der Waals surface area contributed by atoms with Crippen molar-refractivity contribution in [3.05, 3.63) is 57.8 Å². The van der Waals surface area contributed by atoms with Crippen LogP contribution in [-0.4, -0.2) is 76.4 Å². The lowest BCUT2D eigenvalue weighted by molar-refractivity contribution is -0.336. The van der Waals surface area contributed by atoms with E-state index in [2.05, 4.69) is 5.32 Å². The zero-order valence-electron chi connectivity index (χ0n) is 31.3. The number of fused-ring (bicyclic) bond motifs is 3. The number of nitrogens with one attached hydrogen (secondary N) is 1. The second-order valence-electron chi connectivity index (χ2n) is 14.8. The van der Waals surface area contributed by atoms with Crippen LogP contribution in [-0.2, 0) is 19.0 Å². The normalized spacial score (nSPS) is 27.9. The van der Waals surface area contributed by atoms with Crippen molar-refractivity contribution >= 4 is 23.3 Å². The van der Waals surface area contributed by atoms with Gasteiger partial charge in [-0.3, -0.25) is 19.2 Å². The van der Waals surface area contributed by atoms with Crippen LogP contribution in [0, 0.1) is 30.6 Å². The topological polar surface area (TPSA) is 158 Å². The Hall–Kier alpha value is -3.64. The second-order valence-corrected chi connectivity index (χ2v) is 14.8. The highest BCUT2D eigenvalue weighted by atomic mass is 16.7. The number of rotatable bonds is 11. The fraction of sp³-hybridized carbons (Fsp3) is 0.590. The molecular formula is C39H53NO10. The van der Waals surface area contributed by atoms with Crippen LogP contribution in [0.25, 0.3) is 0 Å². The van der Waals surface area contributed by atoms with Gasteiger partial charge in [0, 0.05) is 48.0 Å². The number of phenols is 1. The number of hydrogen-bond acceptors (Lipinski definition) is 10. The van der Waals surface area contributed by atoms with E-state index in [0.29, 0.717) is 6.42 Å². The monoisotopic (exact) mass is 695 g/mol. The number of methoxy groups -OCH3 is 1. The number of benzene rings is 1. The molecule has 9 atom stereocenters. The number of Topliss-reactive ketones (excluding diaryl/α,β-unsaturated/α-hetero) is 2. The van der Waals surface area contributed by atoms with E-state index in [0.717, 1.165) is 6.08 Å². The molecule has 2 heterocycles. The van der Waals surface area contributed by atoms with Crippen LogP contribution in [0.15, 0.2) is 35.6 Å². The maximum Gasteiger partial charge on any atom is 0.251 e. The van der Waals surface area contributed by atoms with Crippen LogP contribution in [0.4, 0.5) is 0 Å². The first-order chi connectivity index (χ1) is 23.2. The molecule has 3 aliphatic rings. The van der Waals surface area contributed by atoms with E-state index in [1.807, 2.05) is 54.5 Å². The van der Waals surface area contributed by atoms with Crippen LogP contribution in [0.5, 0.6) is 11.5 Å². The van der Waals surface area contributed by atoms with Crippen molar-refractivity contribution < 1.29 is 48.3 Å². The van der Waals surface area contributed by atoms with E-state index in [9.17, 15) is 29.4 Å². The average molecular weight is 696 g/mol. The van der Waals surface area contributed by atoms with Gasteiger partial charge in [-0.2, -0.15) is 0 Å². The van der Waals surface area contributed by atoms with Crippen LogP contribution < -0.4 is 10.1 Å². The standard InChI is InChI=1S/C39H53NO10/c1-13-39(11)36(45)29-27-26(41)17-25(32(44)28(27)31(43)22(6)35(29)50-39)40-37(46)19(3)16-14-15-18(2)33-23(7)34(49-38(9,10)48-33)21(5)30(42)20(4)24(8)47-12/h14-18,20-21,23-24,30,33-34,42-43H,13H2,1-12H3,(H,40,46)/b15-14+,19-16-/t18-,20+,21-,23+,24-,30+,33-,34-,39+/m0/s1. The highest BCUT2D eigenvalue weighted by Crippen LogP contribution is 2.48. The van der Waals surface area contributed by atoms with Crippen molar-refractivity contribution in [1.29, 1.82) is 0 Å². The highest BCUT2D eigenvalue weighted by Gasteiger charge is 2.49. The zero-order chi connectivity index (χ0) is 37.6. The van der Waals surface area contributed by atoms with Gasteiger partial charge < -0.3 is 34.5 Å². The lowest BCUT2D eigenvalue weighted by Gasteiger charge is -2.49. The summed E-state index contributed by atoms with van der Waals surface area (Å²) in [4.78, 5) is 53.4. The molecule has 11 heteroatoms. The molecule has 50 heavy (non-hydrogen) atoms. The summed E-state index contributed by atoms with van der Waals surface area (Å²) in [5, 5.41) is 24.7. The maximum atomic E-state index is 13.6. The first-order valence-electron chi connectivity index (χ1n) is 17.4. The molecule has 1 saturated heterocycles. The van der Waals surface area contributed by atoms with Crippen molar-refractivity contribution in [2.75, 3.05) is 7.11 Å². The summed E-state index contributed by atoms with van der Waals surface area (Å²) >= 11 is 0. The molecule has 1 fully saturated rings. The molecule has 2 aliphatic heterocycles. The van der Waals surface area contributed by atoms with E-state index in [4.69, 9.17) is 18.9 Å². The Balaban J connectivity index is 1.49. The summed E-state index contributed by atoms with van der Waals surface area (Å²) in [6, 6.07) is 0. The predicted octanol–water partition coefficient (Wildman–Crippen LogP) is 5.79. The number of carbonyl (C=O) groups excluding carboxylic acids is 4. The minimum atomic E-state index is -1.22. The van der Waals surface area contributed by atoms with Gasteiger partial charge in [-0.05, 0) is 48.0 Å². The molecule has 4 rings (SSSR count). The molecule has 0 radical (unpaired) electrons. The zero-order valence-corrected chi connectivity index (χ0v) is 31.3. The molecule has 0 unspecified atom stereocenters. The Morgan fingerprint density at radius 3 is 2.28 bits per heavy atom. The van der Waals surface area contributed by atoms with Crippen LogP contribution in [0.1, 0.15) is 112 Å². The Morgan fingerprint density at radius 2 is 1.68 bits per heavy atom. The number of phenolic OH excluding ortho intramolecular Hbond substituents is 1. The van der Waals surface area contributed by atoms with E-state index in [1.165, 1.54) is 6.92 Å². The summed E-state index contributed by atoms with van der Waals surface area (Å²) in [5.41, 5.74) is -1.66. The molecule has 274 valence electrons. The number of aliphatic hydroxyl groups is 1. The third-order valence-electron chi connectivity index (χ3n) is 10.8. The molecule has 0 bridgehead atoms. The van der Waals surface area contributed by atoms with E-state index < -0.39 is 46.5 Å². The van der Waals surface area contributed by atoms with Gasteiger partial charge in [0.2, 0.25) is 11.6 Å². The molecule has 0 aromatic heterocycles. The van der Waals surface area contributed by atoms with Crippen molar-refractivity contribution in [2.45, 2.75) is 118 Å². The first-order valence-corrected chi connectivity index (χ1v) is 17.4. The van der Waals surface area contributed by atoms with Gasteiger partial charge in [0.1, 0.15) is 11.5 Å². The van der Waals surface area contributed by atoms with Gasteiger partial charge in [0.15, 0.2) is 17.2 Å². The smallest absolute Gasteiger partial charge is 0.251 e. The Bertz CT molecular complexity index is 1650. The van der Waals surface area contributed by atoms with E-state index >= 15 is 0 Å². The molecule has 1 aromatic carbocycles. The van der Waals surface area contributed by atoms with Crippen molar-refractivity contribution in [1.82, 2.24) is 5.32 Å². The maximum absolute atomic E-state index is 13.6. The summed E-state index contributed by atoms with van der Waals surface area (Å²) in [6.07, 6.45) is 5.23. The van der Waals surface area contributed by atoms with Gasteiger partial charge in [-0.1, -0.05) is 52.8 Å². The second kappa shape index (κ2) is 14.5. The SMILES string of the molecule is CC[C@@]1(C)Oc2c(C)c(O)c3c(c2C1=O)C(=O)C=C(NC(=O)/C(C)=C\C=C\[C@H](C)[C@@H]1OC(C)(C)O[C@@H]([C@@H](C)[C@H](O)[C@H](C)[C@H](C)OC)[C@@H]1C)C3=O. The fourth-order valence-electron chi connectivity index (χ4n) is 7.12. The number of hydrogen-bond donors (Lipinski definition) is 3. The van der Waals surface area contributed by atoms with Crippen molar-refractivity contribution in [3.63, 3.8) is 0 Å². The Kier molecular flexibility index (Phi) is 11.4. The number of aliphatic hydroxyl groups excluding tert-OH is 1. The summed E-state index contributed by atoms with van der Waals surface area (Å²) < 4.78 is 24.0. The van der Waals surface area contributed by atoms with Gasteiger partial charge in [0.05, 0.1) is 46.8 Å². The molecule has 1 aliphatic carbocycles. The number of carbonyl (C=O) groups is 4. The molecular weight excluding hydrogens is 642 g/mol. The summed E-state index contributed by atoms with van der Waals surface area (Å²) in [6.45, 7) is 20.1. The molecule has 0 saturated carbocycles. The quantitative estimate of drug-likeness (QED) is 0.191. The van der Waals surface area contributed by atoms with E-state index in [-0.39, 0.29) is 81.3 Å². The lowest BCUT2D eigenvalue weighted by Crippen LogP contribution is -2.56. The minimum absolute atomic E-state index is 0.0200. The summed E-state index contributed by atoms with van der Waals surface area (Å²) in [5.74, 6) is -4.26. The number of ketones is 3. The van der Waals surface area contributed by atoms with Gasteiger partial charge >= 0.3 is 0 Å². The van der Waals surface area contributed by atoms with Crippen LogP contribution in [0.2, 0.25) is 0 Å². The number of amides is 1. The fourth-order valence-corrected chi connectivity index (χ4v) is 7.12. The highest BCUT2D eigenvalue weighted by molar-refractivity contribution is 6.31. The molecule has 1 aromatic rings. The molecule has 1 amide bonds. The third kappa shape index (κ3) is 7.10. The van der Waals surface area contributed by atoms with Crippen LogP contribution in [0.3, 0.4) is 0 Å². The number of ether oxygens (including phenoxy) is 4. The van der Waals surface area contributed by atoms with Gasteiger partial charge in [-0.25, -0.2) is 0 Å². The molecule has 3 N–H and O–H groups in total. The third-order valence-corrected chi connectivity index (χ3v) is 10.8. The van der Waals surface area contributed by atoms with Gasteiger partial charge in [0.25, 0.3) is 5.91 Å². The minimum Gasteiger partial charge on any atom is -0.507 e. The van der Waals surface area contributed by atoms with Gasteiger partial charge in [-0.15, -0.1) is 0 Å². The number of aromatic hydroxyl groups is 1. The lowest BCUT2D eigenvalue weighted by atomic mass is 9.77. The van der Waals surface area contributed by atoms with Crippen LogP contribution >= 0.6 is 0 Å². The molecule has 0 spiro atoms. The Labute approximate surface area is 295 Å². The van der Waals surface area contributed by atoms with Crippen molar-refractivity contribution in [2.24, 2.45) is 23.7 Å². The van der Waals surface area contributed by atoms with E-state index in [1.54, 1.807) is 40.0 Å². The average Bonchev–Trinajstić information content (AvgIpc) is 3.34.